The van der Waals surface area contributed by atoms with Crippen molar-refractivity contribution in [3.8, 4) is 0 Å². The minimum Gasteiger partial charge on any atom is -0.361 e. The van der Waals surface area contributed by atoms with Gasteiger partial charge in [0.25, 0.3) is 0 Å². The third-order valence-corrected chi connectivity index (χ3v) is 3.11. The summed E-state index contributed by atoms with van der Waals surface area (Å²) in [6, 6.07) is 9.81. The van der Waals surface area contributed by atoms with Gasteiger partial charge in [0.15, 0.2) is 0 Å². The lowest BCUT2D eigenvalue weighted by Crippen LogP contribution is -2.59. The Morgan fingerprint density at radius 3 is 2.75 bits per heavy atom. The zero-order valence-corrected chi connectivity index (χ0v) is 9.81. The fourth-order valence-electron chi connectivity index (χ4n) is 2.21. The molecular weight excluding hydrogens is 202 g/mol. The van der Waals surface area contributed by atoms with E-state index in [2.05, 4.69) is 12.2 Å². The fourth-order valence-corrected chi connectivity index (χ4v) is 2.21. The van der Waals surface area contributed by atoms with E-state index in [-0.39, 0.29) is 12.1 Å². The Morgan fingerprint density at radius 1 is 1.44 bits per heavy atom. The molecule has 88 valence electrons. The van der Waals surface area contributed by atoms with Crippen molar-refractivity contribution in [2.24, 2.45) is 0 Å². The Bertz CT molecular complexity index is 341. The van der Waals surface area contributed by atoms with Crippen LogP contribution >= 0.6 is 0 Å². The molecule has 0 aromatic heterocycles. The van der Waals surface area contributed by atoms with E-state index in [0.29, 0.717) is 6.61 Å². The largest absolute Gasteiger partial charge is 0.361 e. The molecular formula is C13H19NO2. The molecule has 1 aromatic rings. The lowest BCUT2D eigenvalue weighted by Gasteiger charge is -2.42. The number of morpholine rings is 1. The van der Waals surface area contributed by atoms with E-state index in [1.807, 2.05) is 37.3 Å². The molecule has 0 saturated carbocycles. The van der Waals surface area contributed by atoms with E-state index >= 15 is 0 Å². The summed E-state index contributed by atoms with van der Waals surface area (Å²) in [4.78, 5) is 0. The van der Waals surface area contributed by atoms with E-state index < -0.39 is 5.79 Å². The highest BCUT2D eigenvalue weighted by Crippen LogP contribution is 2.31. The van der Waals surface area contributed by atoms with Crippen LogP contribution in [0.2, 0.25) is 0 Å². The van der Waals surface area contributed by atoms with Gasteiger partial charge in [-0.2, -0.15) is 0 Å². The molecule has 1 aliphatic rings. The monoisotopic (exact) mass is 221 g/mol. The summed E-state index contributed by atoms with van der Waals surface area (Å²) in [5.41, 5.74) is 0.821. The van der Waals surface area contributed by atoms with Gasteiger partial charge in [-0.15, -0.1) is 0 Å². The van der Waals surface area contributed by atoms with Crippen molar-refractivity contribution >= 4 is 0 Å². The molecule has 1 heterocycles. The fraction of sp³-hybridized carbons (Fsp3) is 0.538. The normalized spacial score (nSPS) is 34.9. The van der Waals surface area contributed by atoms with Gasteiger partial charge in [-0.1, -0.05) is 37.3 Å². The van der Waals surface area contributed by atoms with Crippen LogP contribution in [0.25, 0.3) is 0 Å². The molecule has 3 atom stereocenters. The number of hydrogen-bond donors (Lipinski definition) is 2. The highest BCUT2D eigenvalue weighted by Gasteiger charge is 2.42. The summed E-state index contributed by atoms with van der Waals surface area (Å²) in [5.74, 6) is -1.19. The zero-order chi connectivity index (χ0) is 11.6. The average Bonchev–Trinajstić information content (AvgIpc) is 2.33. The number of rotatable bonds is 2. The first kappa shape index (κ1) is 11.6. The Hall–Kier alpha value is -0.900. The Balaban J connectivity index is 2.29. The lowest BCUT2D eigenvalue weighted by atomic mass is 9.93. The number of ether oxygens (including phenoxy) is 1. The van der Waals surface area contributed by atoms with E-state index in [1.54, 1.807) is 0 Å². The summed E-state index contributed by atoms with van der Waals surface area (Å²) >= 11 is 0. The number of benzene rings is 1. The summed E-state index contributed by atoms with van der Waals surface area (Å²) in [6.07, 6.45) is 0.829. The van der Waals surface area contributed by atoms with Crippen molar-refractivity contribution in [2.45, 2.75) is 38.1 Å². The maximum atomic E-state index is 10.6. The predicted octanol–water partition coefficient (Wildman–Crippen LogP) is 1.62. The van der Waals surface area contributed by atoms with Crippen LogP contribution in [0.15, 0.2) is 30.3 Å². The maximum Gasteiger partial charge on any atom is 0.208 e. The average molecular weight is 221 g/mol. The molecule has 2 rings (SSSR count). The van der Waals surface area contributed by atoms with Crippen LogP contribution in [0.3, 0.4) is 0 Å². The molecule has 0 aliphatic carbocycles. The minimum atomic E-state index is -1.19. The standard InChI is InChI=1S/C13H19NO2/c1-3-12-13(15,16-9-10(2)14-12)11-7-5-4-6-8-11/h4-8,10,12,14-15H,3,9H2,1-2H3/t10-,12+,13+/m1/s1. The molecule has 16 heavy (non-hydrogen) atoms. The van der Waals surface area contributed by atoms with Gasteiger partial charge in [-0.25, -0.2) is 0 Å². The topological polar surface area (TPSA) is 41.5 Å². The van der Waals surface area contributed by atoms with Gasteiger partial charge < -0.3 is 15.2 Å². The molecule has 1 aromatic carbocycles. The lowest BCUT2D eigenvalue weighted by molar-refractivity contribution is -0.256. The van der Waals surface area contributed by atoms with Crippen molar-refractivity contribution in [2.75, 3.05) is 6.61 Å². The Labute approximate surface area is 96.4 Å². The second-order valence-corrected chi connectivity index (χ2v) is 4.40. The first-order valence-corrected chi connectivity index (χ1v) is 5.84. The molecule has 1 aliphatic heterocycles. The van der Waals surface area contributed by atoms with Gasteiger partial charge in [-0.3, -0.25) is 0 Å². The second kappa shape index (κ2) is 4.53. The molecule has 0 radical (unpaired) electrons. The summed E-state index contributed by atoms with van der Waals surface area (Å²) in [5, 5.41) is 14.0. The Morgan fingerprint density at radius 2 is 2.12 bits per heavy atom. The zero-order valence-electron chi connectivity index (χ0n) is 9.81. The molecule has 0 bridgehead atoms. The molecule has 0 unspecified atom stereocenters. The van der Waals surface area contributed by atoms with E-state index in [1.165, 1.54) is 0 Å². The van der Waals surface area contributed by atoms with E-state index in [0.717, 1.165) is 12.0 Å². The van der Waals surface area contributed by atoms with Crippen LogP contribution in [0.5, 0.6) is 0 Å². The van der Waals surface area contributed by atoms with Gasteiger partial charge >= 0.3 is 0 Å². The maximum absolute atomic E-state index is 10.6. The predicted molar refractivity (Wildman–Crippen MR) is 63.0 cm³/mol. The SMILES string of the molecule is CC[C@@H]1N[C@H](C)CO[C@@]1(O)c1ccccc1. The molecule has 1 fully saturated rings. The van der Waals surface area contributed by atoms with Crippen LogP contribution in [-0.2, 0) is 10.5 Å². The summed E-state index contributed by atoms with van der Waals surface area (Å²) < 4.78 is 5.66. The van der Waals surface area contributed by atoms with Crippen molar-refractivity contribution in [1.82, 2.24) is 5.32 Å². The van der Waals surface area contributed by atoms with Crippen LogP contribution in [0.4, 0.5) is 0 Å². The highest BCUT2D eigenvalue weighted by molar-refractivity contribution is 5.22. The quantitative estimate of drug-likeness (QED) is 0.797. The molecule has 0 amide bonds. The van der Waals surface area contributed by atoms with Crippen molar-refractivity contribution in [1.29, 1.82) is 0 Å². The van der Waals surface area contributed by atoms with Crippen LogP contribution in [0.1, 0.15) is 25.8 Å². The number of nitrogens with one attached hydrogen (secondary N) is 1. The number of aliphatic hydroxyl groups is 1. The molecule has 1 saturated heterocycles. The molecule has 3 nitrogen and oxygen atoms in total. The molecule has 0 spiro atoms. The van der Waals surface area contributed by atoms with Crippen LogP contribution in [-0.4, -0.2) is 23.8 Å². The van der Waals surface area contributed by atoms with Crippen molar-refractivity contribution in [3.05, 3.63) is 35.9 Å². The summed E-state index contributed by atoms with van der Waals surface area (Å²) in [7, 11) is 0. The first-order chi connectivity index (χ1) is 7.66. The Kier molecular flexibility index (Phi) is 3.28. The van der Waals surface area contributed by atoms with Gasteiger partial charge in [0, 0.05) is 11.6 Å². The van der Waals surface area contributed by atoms with Crippen LogP contribution < -0.4 is 5.32 Å². The third kappa shape index (κ3) is 1.98. The minimum absolute atomic E-state index is 0.0568. The highest BCUT2D eigenvalue weighted by atomic mass is 16.6. The second-order valence-electron chi connectivity index (χ2n) is 4.40. The van der Waals surface area contributed by atoms with Gasteiger partial charge in [-0.05, 0) is 13.3 Å². The smallest absolute Gasteiger partial charge is 0.208 e. The van der Waals surface area contributed by atoms with Crippen molar-refractivity contribution in [3.63, 3.8) is 0 Å². The van der Waals surface area contributed by atoms with E-state index in [9.17, 15) is 5.11 Å². The van der Waals surface area contributed by atoms with Crippen LogP contribution in [0, 0.1) is 0 Å². The van der Waals surface area contributed by atoms with Crippen molar-refractivity contribution < 1.29 is 9.84 Å². The first-order valence-electron chi connectivity index (χ1n) is 5.84. The van der Waals surface area contributed by atoms with Gasteiger partial charge in [0.2, 0.25) is 5.79 Å². The van der Waals surface area contributed by atoms with Gasteiger partial charge in [0.05, 0.1) is 12.6 Å². The van der Waals surface area contributed by atoms with E-state index in [4.69, 9.17) is 4.74 Å². The summed E-state index contributed by atoms with van der Waals surface area (Å²) in [6.45, 7) is 4.64. The molecule has 3 heteroatoms. The number of hydrogen-bond acceptors (Lipinski definition) is 3. The third-order valence-electron chi connectivity index (χ3n) is 3.11. The van der Waals surface area contributed by atoms with Gasteiger partial charge in [0.1, 0.15) is 0 Å². The molecule has 2 N–H and O–H groups in total.